The number of Topliss-reactive ketones (excluding diaryl/α,β-unsaturated/α-hetero) is 1. The second-order valence-corrected chi connectivity index (χ2v) is 4.37. The summed E-state index contributed by atoms with van der Waals surface area (Å²) in [7, 11) is 0. The molecule has 98 valence electrons. The average Bonchev–Trinajstić information content (AvgIpc) is 2.45. The van der Waals surface area contributed by atoms with Crippen molar-refractivity contribution < 1.29 is 9.53 Å². The third-order valence-electron chi connectivity index (χ3n) is 2.87. The minimum Gasteiger partial charge on any atom is -0.493 e. The highest BCUT2D eigenvalue weighted by molar-refractivity contribution is 5.96. The number of carbonyl (C=O) groups is 1. The van der Waals surface area contributed by atoms with Gasteiger partial charge in [0.15, 0.2) is 5.78 Å². The molecule has 19 heavy (non-hydrogen) atoms. The molecule has 0 saturated heterocycles. The van der Waals surface area contributed by atoms with Gasteiger partial charge in [0.05, 0.1) is 12.2 Å². The number of carbonyl (C=O) groups excluding carboxylic acids is 1. The van der Waals surface area contributed by atoms with Gasteiger partial charge in [0.25, 0.3) is 0 Å². The van der Waals surface area contributed by atoms with Crippen LogP contribution in [0.5, 0.6) is 5.75 Å². The van der Waals surface area contributed by atoms with E-state index in [4.69, 9.17) is 4.74 Å². The van der Waals surface area contributed by atoms with Crippen molar-refractivity contribution in [2.75, 3.05) is 6.61 Å². The van der Waals surface area contributed by atoms with Gasteiger partial charge in [-0.15, -0.1) is 0 Å². The first-order chi connectivity index (χ1) is 9.27. The fourth-order valence-electron chi connectivity index (χ4n) is 1.88. The molecule has 0 spiro atoms. The molecule has 2 aromatic rings. The van der Waals surface area contributed by atoms with Crippen molar-refractivity contribution in [2.24, 2.45) is 0 Å². The number of ether oxygens (including phenoxy) is 1. The quantitative estimate of drug-likeness (QED) is 0.587. The third kappa shape index (κ3) is 3.91. The van der Waals surface area contributed by atoms with Crippen molar-refractivity contribution in [3.05, 3.63) is 59.9 Å². The fourth-order valence-corrected chi connectivity index (χ4v) is 1.88. The molecular weight excluding hydrogens is 238 g/mol. The van der Waals surface area contributed by atoms with E-state index in [0.29, 0.717) is 17.9 Å². The van der Waals surface area contributed by atoms with Crippen molar-refractivity contribution in [3.8, 4) is 5.75 Å². The van der Waals surface area contributed by atoms with E-state index in [2.05, 4.69) is 17.1 Å². The molecule has 0 atom stereocenters. The van der Waals surface area contributed by atoms with E-state index in [-0.39, 0.29) is 5.78 Å². The highest BCUT2D eigenvalue weighted by Gasteiger charge is 2.07. The zero-order valence-corrected chi connectivity index (χ0v) is 11.0. The Bertz CT molecular complexity index is 537. The number of aryl methyl sites for hydroxylation is 1. The predicted octanol–water partition coefficient (Wildman–Crippen LogP) is 3.30. The van der Waals surface area contributed by atoms with Gasteiger partial charge in [-0.3, -0.25) is 9.78 Å². The number of ketones is 1. The van der Waals surface area contributed by atoms with Crippen LogP contribution in [0.2, 0.25) is 0 Å². The standard InChI is InChI=1S/C16H17NO2/c1-13(18)15-12-17-10-9-16(15)19-11-5-8-14-6-3-2-4-7-14/h2-4,6-7,9-10,12H,5,8,11H2,1H3. The summed E-state index contributed by atoms with van der Waals surface area (Å²) in [5, 5.41) is 0. The summed E-state index contributed by atoms with van der Waals surface area (Å²) in [6.07, 6.45) is 5.08. The molecule has 1 aromatic carbocycles. The van der Waals surface area contributed by atoms with Crippen LogP contribution in [0.4, 0.5) is 0 Å². The lowest BCUT2D eigenvalue weighted by Crippen LogP contribution is -2.04. The summed E-state index contributed by atoms with van der Waals surface area (Å²) < 4.78 is 5.66. The van der Waals surface area contributed by atoms with Gasteiger partial charge in [-0.2, -0.15) is 0 Å². The van der Waals surface area contributed by atoms with Crippen molar-refractivity contribution >= 4 is 5.78 Å². The second-order valence-electron chi connectivity index (χ2n) is 4.37. The van der Waals surface area contributed by atoms with E-state index in [9.17, 15) is 4.79 Å². The maximum atomic E-state index is 11.4. The predicted molar refractivity (Wildman–Crippen MR) is 74.5 cm³/mol. The summed E-state index contributed by atoms with van der Waals surface area (Å²) in [5.74, 6) is 0.599. The molecule has 3 heteroatoms. The Morgan fingerprint density at radius 2 is 2.00 bits per heavy atom. The number of aromatic nitrogens is 1. The monoisotopic (exact) mass is 255 g/mol. The molecule has 0 fully saturated rings. The highest BCUT2D eigenvalue weighted by Crippen LogP contribution is 2.17. The van der Waals surface area contributed by atoms with E-state index < -0.39 is 0 Å². The van der Waals surface area contributed by atoms with Gasteiger partial charge in [0.2, 0.25) is 0 Å². The van der Waals surface area contributed by atoms with Crippen LogP contribution in [0.25, 0.3) is 0 Å². The van der Waals surface area contributed by atoms with E-state index in [1.165, 1.54) is 12.5 Å². The number of rotatable bonds is 6. The lowest BCUT2D eigenvalue weighted by molar-refractivity contribution is 0.101. The first-order valence-corrected chi connectivity index (χ1v) is 6.39. The molecule has 3 nitrogen and oxygen atoms in total. The number of nitrogens with zero attached hydrogens (tertiary/aromatic N) is 1. The lowest BCUT2D eigenvalue weighted by Gasteiger charge is -2.09. The van der Waals surface area contributed by atoms with E-state index in [1.54, 1.807) is 18.5 Å². The van der Waals surface area contributed by atoms with E-state index >= 15 is 0 Å². The van der Waals surface area contributed by atoms with Gasteiger partial charge in [0.1, 0.15) is 5.75 Å². The summed E-state index contributed by atoms with van der Waals surface area (Å²) in [6.45, 7) is 2.12. The Kier molecular flexibility index (Phi) is 4.67. The normalized spacial score (nSPS) is 10.2. The number of pyridine rings is 1. The van der Waals surface area contributed by atoms with Gasteiger partial charge in [-0.1, -0.05) is 30.3 Å². The van der Waals surface area contributed by atoms with Gasteiger partial charge in [-0.25, -0.2) is 0 Å². The third-order valence-corrected chi connectivity index (χ3v) is 2.87. The fraction of sp³-hybridized carbons (Fsp3) is 0.250. The van der Waals surface area contributed by atoms with Crippen LogP contribution in [-0.2, 0) is 6.42 Å². The summed E-state index contributed by atoms with van der Waals surface area (Å²) in [4.78, 5) is 15.3. The maximum absolute atomic E-state index is 11.4. The number of benzene rings is 1. The van der Waals surface area contributed by atoms with E-state index in [1.807, 2.05) is 18.2 Å². The maximum Gasteiger partial charge on any atom is 0.165 e. The Labute approximate surface area is 113 Å². The number of hydrogen-bond acceptors (Lipinski definition) is 3. The van der Waals surface area contributed by atoms with Gasteiger partial charge in [0, 0.05) is 12.4 Å². The van der Waals surface area contributed by atoms with Crippen LogP contribution >= 0.6 is 0 Å². The second kappa shape index (κ2) is 6.69. The molecule has 1 aromatic heterocycles. The molecule has 0 bridgehead atoms. The first kappa shape index (κ1) is 13.3. The van der Waals surface area contributed by atoms with Crippen molar-refractivity contribution in [1.29, 1.82) is 0 Å². The largest absolute Gasteiger partial charge is 0.493 e. The summed E-state index contributed by atoms with van der Waals surface area (Å²) in [6, 6.07) is 12.0. The number of hydrogen-bond donors (Lipinski definition) is 0. The minimum absolute atomic E-state index is 0.0221. The molecule has 0 aliphatic rings. The first-order valence-electron chi connectivity index (χ1n) is 6.39. The molecule has 0 amide bonds. The molecule has 0 aliphatic carbocycles. The smallest absolute Gasteiger partial charge is 0.165 e. The van der Waals surface area contributed by atoms with E-state index in [0.717, 1.165) is 12.8 Å². The van der Waals surface area contributed by atoms with Crippen LogP contribution in [0.3, 0.4) is 0 Å². The summed E-state index contributed by atoms with van der Waals surface area (Å²) >= 11 is 0. The van der Waals surface area contributed by atoms with Crippen LogP contribution in [0.1, 0.15) is 29.3 Å². The summed E-state index contributed by atoms with van der Waals surface area (Å²) in [5.41, 5.74) is 1.84. The molecular formula is C16H17NO2. The molecule has 2 rings (SSSR count). The molecule has 0 aliphatic heterocycles. The zero-order chi connectivity index (χ0) is 13.5. The Balaban J connectivity index is 1.85. The van der Waals surface area contributed by atoms with Crippen LogP contribution in [0.15, 0.2) is 48.8 Å². The van der Waals surface area contributed by atoms with Crippen molar-refractivity contribution in [3.63, 3.8) is 0 Å². The Morgan fingerprint density at radius 3 is 2.74 bits per heavy atom. The van der Waals surface area contributed by atoms with Crippen LogP contribution in [0, 0.1) is 0 Å². The molecule has 0 N–H and O–H groups in total. The molecule has 0 saturated carbocycles. The van der Waals surface area contributed by atoms with Crippen molar-refractivity contribution in [2.45, 2.75) is 19.8 Å². The molecule has 0 radical (unpaired) electrons. The Morgan fingerprint density at radius 1 is 1.21 bits per heavy atom. The van der Waals surface area contributed by atoms with Crippen LogP contribution < -0.4 is 4.74 Å². The average molecular weight is 255 g/mol. The topological polar surface area (TPSA) is 39.2 Å². The SMILES string of the molecule is CC(=O)c1cnccc1OCCCc1ccccc1. The lowest BCUT2D eigenvalue weighted by atomic mass is 10.1. The molecule has 1 heterocycles. The highest BCUT2D eigenvalue weighted by atomic mass is 16.5. The molecule has 0 unspecified atom stereocenters. The zero-order valence-electron chi connectivity index (χ0n) is 11.0. The van der Waals surface area contributed by atoms with Crippen LogP contribution in [-0.4, -0.2) is 17.4 Å². The van der Waals surface area contributed by atoms with Gasteiger partial charge in [-0.05, 0) is 31.4 Å². The Hall–Kier alpha value is -2.16. The van der Waals surface area contributed by atoms with Crippen molar-refractivity contribution in [1.82, 2.24) is 4.98 Å². The van der Waals surface area contributed by atoms with Gasteiger partial charge < -0.3 is 4.74 Å². The minimum atomic E-state index is -0.0221. The van der Waals surface area contributed by atoms with Gasteiger partial charge >= 0.3 is 0 Å².